The van der Waals surface area contributed by atoms with Gasteiger partial charge in [-0.05, 0) is 18.4 Å². The van der Waals surface area contributed by atoms with E-state index < -0.39 is 24.3 Å². The van der Waals surface area contributed by atoms with Crippen molar-refractivity contribution in [2.45, 2.75) is 26.2 Å². The fourth-order valence-corrected chi connectivity index (χ4v) is 1.85. The molecule has 0 aliphatic heterocycles. The molecule has 5 heteroatoms. The van der Waals surface area contributed by atoms with Crippen molar-refractivity contribution in [1.82, 2.24) is 0 Å². The molecular formula is C16H18N2O3. The van der Waals surface area contributed by atoms with Gasteiger partial charge in [0.05, 0.1) is 12.5 Å². The summed E-state index contributed by atoms with van der Waals surface area (Å²) in [5.41, 5.74) is 0.974. The Morgan fingerprint density at radius 2 is 1.95 bits per heavy atom. The molecule has 1 N–H and O–H groups in total. The monoisotopic (exact) mass is 286 g/mol. The maximum atomic E-state index is 11.7. The van der Waals surface area contributed by atoms with Crippen molar-refractivity contribution in [1.29, 1.82) is 10.7 Å². The second-order valence-corrected chi connectivity index (χ2v) is 4.89. The highest BCUT2D eigenvalue weighted by Crippen LogP contribution is 2.18. The van der Waals surface area contributed by atoms with Gasteiger partial charge in [0.15, 0.2) is 12.4 Å². The molecule has 0 aromatic heterocycles. The predicted octanol–water partition coefficient (Wildman–Crippen LogP) is 2.47. The van der Waals surface area contributed by atoms with Crippen molar-refractivity contribution in [3.63, 3.8) is 0 Å². The highest BCUT2D eigenvalue weighted by atomic mass is 16.5. The maximum Gasteiger partial charge on any atom is 0.306 e. The van der Waals surface area contributed by atoms with Crippen molar-refractivity contribution in [2.75, 3.05) is 6.61 Å². The number of benzene rings is 1. The lowest BCUT2D eigenvalue weighted by Crippen LogP contribution is -2.25. The van der Waals surface area contributed by atoms with Gasteiger partial charge in [0.25, 0.3) is 0 Å². The Hall–Kier alpha value is -2.48. The summed E-state index contributed by atoms with van der Waals surface area (Å²) in [5.74, 6) is -2.20. The van der Waals surface area contributed by atoms with E-state index in [1.165, 1.54) is 6.92 Å². The molecule has 5 nitrogen and oxygen atoms in total. The van der Waals surface area contributed by atoms with Gasteiger partial charge in [-0.1, -0.05) is 37.3 Å². The lowest BCUT2D eigenvalue weighted by Gasteiger charge is -2.12. The third-order valence-corrected chi connectivity index (χ3v) is 3.10. The van der Waals surface area contributed by atoms with Crippen molar-refractivity contribution >= 4 is 17.5 Å². The zero-order chi connectivity index (χ0) is 15.8. The van der Waals surface area contributed by atoms with E-state index >= 15 is 0 Å². The van der Waals surface area contributed by atoms with E-state index in [4.69, 9.17) is 15.4 Å². The molecule has 0 saturated heterocycles. The molecule has 0 aliphatic carbocycles. The molecule has 0 amide bonds. The van der Waals surface area contributed by atoms with Crippen LogP contribution < -0.4 is 0 Å². The number of ether oxygens (including phenoxy) is 1. The van der Waals surface area contributed by atoms with Gasteiger partial charge < -0.3 is 10.1 Å². The number of Topliss-reactive ketones (excluding diaryl/α,β-unsaturated/α-hetero) is 1. The van der Waals surface area contributed by atoms with Crippen LogP contribution in [0.1, 0.15) is 31.7 Å². The summed E-state index contributed by atoms with van der Waals surface area (Å²) in [6.45, 7) is 2.82. The SMILES string of the molecule is CC(=N)[C@H](C#N)C(=O)COC(=O)C[C@@H](C)c1ccccc1. The van der Waals surface area contributed by atoms with E-state index in [1.807, 2.05) is 37.3 Å². The number of hydrogen-bond donors (Lipinski definition) is 1. The Bertz CT molecular complexity index is 561. The second kappa shape index (κ2) is 7.95. The molecule has 1 rings (SSSR count). The van der Waals surface area contributed by atoms with Gasteiger partial charge in [0, 0.05) is 5.71 Å². The average Bonchev–Trinajstić information content (AvgIpc) is 2.46. The molecule has 0 saturated carbocycles. The minimum Gasteiger partial charge on any atom is -0.458 e. The van der Waals surface area contributed by atoms with Gasteiger partial charge in [-0.25, -0.2) is 0 Å². The molecule has 2 atom stereocenters. The molecule has 0 spiro atoms. The minimum absolute atomic E-state index is 0.00922. The molecule has 0 bridgehead atoms. The van der Waals surface area contributed by atoms with Crippen LogP contribution in [0, 0.1) is 22.7 Å². The zero-order valence-corrected chi connectivity index (χ0v) is 12.1. The van der Waals surface area contributed by atoms with Gasteiger partial charge in [-0.2, -0.15) is 5.26 Å². The number of hydrogen-bond acceptors (Lipinski definition) is 5. The minimum atomic E-state index is -1.13. The van der Waals surface area contributed by atoms with Crippen LogP contribution in [0.3, 0.4) is 0 Å². The Kier molecular flexibility index (Phi) is 6.28. The summed E-state index contributed by atoms with van der Waals surface area (Å²) in [5, 5.41) is 16.1. The van der Waals surface area contributed by atoms with E-state index in [1.54, 1.807) is 6.07 Å². The average molecular weight is 286 g/mol. The Morgan fingerprint density at radius 1 is 1.33 bits per heavy atom. The Morgan fingerprint density at radius 3 is 2.48 bits per heavy atom. The number of esters is 1. The van der Waals surface area contributed by atoms with Crippen molar-refractivity contribution in [3.05, 3.63) is 35.9 Å². The molecule has 21 heavy (non-hydrogen) atoms. The number of ketones is 1. The lowest BCUT2D eigenvalue weighted by atomic mass is 9.98. The third-order valence-electron chi connectivity index (χ3n) is 3.10. The molecule has 0 heterocycles. The summed E-state index contributed by atoms with van der Waals surface area (Å²) in [6.07, 6.45) is 0.165. The van der Waals surface area contributed by atoms with E-state index in [0.29, 0.717) is 0 Å². The summed E-state index contributed by atoms with van der Waals surface area (Å²) in [6, 6.07) is 11.3. The normalized spacial score (nSPS) is 12.8. The first-order valence-corrected chi connectivity index (χ1v) is 6.63. The van der Waals surface area contributed by atoms with E-state index in [2.05, 4.69) is 0 Å². The molecule has 1 aromatic rings. The first-order valence-electron chi connectivity index (χ1n) is 6.63. The predicted molar refractivity (Wildman–Crippen MR) is 77.9 cm³/mol. The smallest absolute Gasteiger partial charge is 0.306 e. The fourth-order valence-electron chi connectivity index (χ4n) is 1.85. The van der Waals surface area contributed by atoms with Crippen molar-refractivity contribution in [2.24, 2.45) is 5.92 Å². The largest absolute Gasteiger partial charge is 0.458 e. The number of rotatable bonds is 7. The zero-order valence-electron chi connectivity index (χ0n) is 12.1. The topological polar surface area (TPSA) is 91.0 Å². The molecule has 0 aliphatic rings. The van der Waals surface area contributed by atoms with Crippen LogP contribution >= 0.6 is 0 Å². The molecule has 0 unspecified atom stereocenters. The Balaban J connectivity index is 2.46. The second-order valence-electron chi connectivity index (χ2n) is 4.89. The summed E-state index contributed by atoms with van der Waals surface area (Å²) < 4.78 is 4.89. The van der Waals surface area contributed by atoms with Gasteiger partial charge >= 0.3 is 5.97 Å². The first-order chi connectivity index (χ1) is 9.95. The van der Waals surface area contributed by atoms with Crippen LogP contribution in [0.15, 0.2) is 30.3 Å². The molecular weight excluding hydrogens is 268 g/mol. The summed E-state index contributed by atoms with van der Waals surface area (Å²) in [7, 11) is 0. The molecule has 0 fully saturated rings. The van der Waals surface area contributed by atoms with Crippen molar-refractivity contribution in [3.8, 4) is 6.07 Å². The summed E-state index contributed by atoms with van der Waals surface area (Å²) in [4.78, 5) is 23.3. The third kappa shape index (κ3) is 5.19. The highest BCUT2D eigenvalue weighted by molar-refractivity contribution is 6.05. The fraction of sp³-hybridized carbons (Fsp3) is 0.375. The number of nitrogens with one attached hydrogen (secondary N) is 1. The van der Waals surface area contributed by atoms with Crippen molar-refractivity contribution < 1.29 is 14.3 Å². The molecule has 1 aromatic carbocycles. The number of carbonyl (C=O) groups is 2. The first kappa shape index (κ1) is 16.6. The van der Waals surface area contributed by atoms with Crippen LogP contribution in [0.4, 0.5) is 0 Å². The number of carbonyl (C=O) groups excluding carboxylic acids is 2. The summed E-state index contributed by atoms with van der Waals surface area (Å²) >= 11 is 0. The van der Waals surface area contributed by atoms with Gasteiger partial charge in [-0.3, -0.25) is 9.59 Å². The number of nitriles is 1. The van der Waals surface area contributed by atoms with E-state index in [0.717, 1.165) is 5.56 Å². The van der Waals surface area contributed by atoms with Gasteiger partial charge in [0.1, 0.15) is 5.92 Å². The quantitative estimate of drug-likeness (QED) is 0.615. The van der Waals surface area contributed by atoms with Crippen LogP contribution in [-0.4, -0.2) is 24.1 Å². The van der Waals surface area contributed by atoms with Gasteiger partial charge in [-0.15, -0.1) is 0 Å². The standard InChI is InChI=1S/C16H18N2O3/c1-11(13-6-4-3-5-7-13)8-16(20)21-10-15(19)14(9-17)12(2)18/h3-7,11,14,18H,8,10H2,1-2H3/t11-,14+/m1/s1. The van der Waals surface area contributed by atoms with Crippen LogP contribution in [-0.2, 0) is 14.3 Å². The van der Waals surface area contributed by atoms with Crippen LogP contribution in [0.5, 0.6) is 0 Å². The maximum absolute atomic E-state index is 11.7. The Labute approximate surface area is 124 Å². The van der Waals surface area contributed by atoms with Gasteiger partial charge in [0.2, 0.25) is 0 Å². The molecule has 0 radical (unpaired) electrons. The van der Waals surface area contributed by atoms with Crippen LogP contribution in [0.25, 0.3) is 0 Å². The van der Waals surface area contributed by atoms with E-state index in [9.17, 15) is 9.59 Å². The van der Waals surface area contributed by atoms with E-state index in [-0.39, 0.29) is 18.1 Å². The number of nitrogens with zero attached hydrogens (tertiary/aromatic N) is 1. The molecule has 110 valence electrons. The highest BCUT2D eigenvalue weighted by Gasteiger charge is 2.22. The van der Waals surface area contributed by atoms with Crippen LogP contribution in [0.2, 0.25) is 0 Å². The lowest BCUT2D eigenvalue weighted by molar-refractivity contribution is -0.148.